The minimum atomic E-state index is 0.743. The quantitative estimate of drug-likeness (QED) is 0.752. The molecule has 2 rings (SSSR count). The fraction of sp³-hybridized carbons (Fsp3) is 0.545. The molecule has 1 aromatic rings. The Kier molecular flexibility index (Phi) is 3.61. The summed E-state index contributed by atoms with van der Waals surface area (Å²) in [5.74, 6) is 0.843. The van der Waals surface area contributed by atoms with E-state index in [9.17, 15) is 0 Å². The van der Waals surface area contributed by atoms with Crippen molar-refractivity contribution < 1.29 is 0 Å². The van der Waals surface area contributed by atoms with Crippen molar-refractivity contribution in [2.75, 3.05) is 0 Å². The van der Waals surface area contributed by atoms with Crippen molar-refractivity contribution in [2.45, 2.75) is 30.5 Å². The molecule has 1 saturated carbocycles. The predicted molar refractivity (Wildman–Crippen MR) is 65.7 cm³/mol. The Morgan fingerprint density at radius 1 is 1.36 bits per heavy atom. The molecule has 0 aliphatic heterocycles. The molecule has 0 radical (unpaired) electrons. The Balaban J connectivity index is 1.97. The number of hydrogen-bond acceptors (Lipinski definition) is 1. The van der Waals surface area contributed by atoms with Crippen molar-refractivity contribution >= 4 is 31.9 Å². The van der Waals surface area contributed by atoms with Crippen molar-refractivity contribution in [1.29, 1.82) is 0 Å². The zero-order valence-electron chi connectivity index (χ0n) is 7.92. The Morgan fingerprint density at radius 2 is 2.21 bits per heavy atom. The van der Waals surface area contributed by atoms with E-state index in [2.05, 4.69) is 42.9 Å². The second kappa shape index (κ2) is 4.75. The Labute approximate surface area is 102 Å². The number of aromatic nitrogens is 1. The van der Waals surface area contributed by atoms with Crippen molar-refractivity contribution in [1.82, 2.24) is 4.98 Å². The van der Waals surface area contributed by atoms with Crippen LogP contribution in [0.25, 0.3) is 0 Å². The van der Waals surface area contributed by atoms with Crippen LogP contribution in [0.5, 0.6) is 0 Å². The largest absolute Gasteiger partial charge is 0.263 e. The Morgan fingerprint density at radius 3 is 2.86 bits per heavy atom. The molecular weight excluding hydrogens is 306 g/mol. The molecular formula is C11H13Br2N. The summed E-state index contributed by atoms with van der Waals surface area (Å²) >= 11 is 7.13. The Bertz CT molecular complexity index is 314. The molecule has 2 atom stereocenters. The number of hydrogen-bond donors (Lipinski definition) is 0. The smallest absolute Gasteiger partial charge is 0.0410 e. The van der Waals surface area contributed by atoms with Gasteiger partial charge in [0.25, 0.3) is 0 Å². The number of rotatable bonds is 2. The number of pyridine rings is 1. The van der Waals surface area contributed by atoms with Crippen LogP contribution in [0.3, 0.4) is 0 Å². The lowest BCUT2D eigenvalue weighted by Crippen LogP contribution is -2.00. The van der Waals surface area contributed by atoms with Crippen LogP contribution in [0.4, 0.5) is 0 Å². The van der Waals surface area contributed by atoms with Crippen LogP contribution in [0, 0.1) is 5.92 Å². The zero-order valence-corrected chi connectivity index (χ0v) is 11.1. The van der Waals surface area contributed by atoms with Crippen LogP contribution in [0.1, 0.15) is 24.8 Å². The highest BCUT2D eigenvalue weighted by Gasteiger charge is 2.22. The summed E-state index contributed by atoms with van der Waals surface area (Å²) in [6, 6.07) is 2.18. The lowest BCUT2D eigenvalue weighted by atomic mass is 9.99. The molecule has 0 N–H and O–H groups in total. The van der Waals surface area contributed by atoms with Gasteiger partial charge in [0.1, 0.15) is 0 Å². The summed E-state index contributed by atoms with van der Waals surface area (Å²) in [7, 11) is 0. The van der Waals surface area contributed by atoms with Gasteiger partial charge < -0.3 is 0 Å². The number of nitrogens with zero attached hydrogens (tertiary/aromatic N) is 1. The lowest BCUT2D eigenvalue weighted by Gasteiger charge is -2.08. The van der Waals surface area contributed by atoms with E-state index in [0.717, 1.165) is 15.2 Å². The van der Waals surface area contributed by atoms with Crippen LogP contribution in [-0.4, -0.2) is 9.81 Å². The maximum absolute atomic E-state index is 4.19. The minimum Gasteiger partial charge on any atom is -0.263 e. The van der Waals surface area contributed by atoms with Crippen molar-refractivity contribution in [3.05, 3.63) is 28.5 Å². The first-order chi connectivity index (χ1) is 6.74. The molecule has 3 heteroatoms. The molecule has 0 saturated heterocycles. The van der Waals surface area contributed by atoms with E-state index in [1.54, 1.807) is 0 Å². The molecule has 0 amide bonds. The van der Waals surface area contributed by atoms with Gasteiger partial charge in [-0.1, -0.05) is 15.9 Å². The van der Waals surface area contributed by atoms with Crippen LogP contribution in [0.2, 0.25) is 0 Å². The molecule has 0 bridgehead atoms. The predicted octanol–water partition coefficient (Wildman–Crippen LogP) is 3.95. The number of alkyl halides is 1. The first-order valence-electron chi connectivity index (χ1n) is 4.97. The van der Waals surface area contributed by atoms with E-state index in [4.69, 9.17) is 0 Å². The van der Waals surface area contributed by atoms with Crippen LogP contribution >= 0.6 is 31.9 Å². The van der Waals surface area contributed by atoms with Gasteiger partial charge in [0.15, 0.2) is 0 Å². The molecule has 1 heterocycles. The maximum Gasteiger partial charge on any atom is 0.0410 e. The van der Waals surface area contributed by atoms with Gasteiger partial charge in [0, 0.05) is 21.7 Å². The van der Waals surface area contributed by atoms with Crippen molar-refractivity contribution in [2.24, 2.45) is 5.92 Å². The first-order valence-corrected chi connectivity index (χ1v) is 6.68. The van der Waals surface area contributed by atoms with E-state index < -0.39 is 0 Å². The fourth-order valence-electron chi connectivity index (χ4n) is 2.10. The second-order valence-corrected chi connectivity index (χ2v) is 6.20. The van der Waals surface area contributed by atoms with E-state index >= 15 is 0 Å². The summed E-state index contributed by atoms with van der Waals surface area (Å²) in [5, 5.41) is 0. The van der Waals surface area contributed by atoms with Crippen LogP contribution in [-0.2, 0) is 6.42 Å². The summed E-state index contributed by atoms with van der Waals surface area (Å²) in [6.45, 7) is 0. The Hall–Kier alpha value is 0.110. The SMILES string of the molecule is Brc1cncc(CC2CCC(Br)C2)c1. The van der Waals surface area contributed by atoms with Crippen molar-refractivity contribution in [3.63, 3.8) is 0 Å². The standard InChI is InChI=1S/C11H13Br2N/c12-10-2-1-8(4-10)3-9-5-11(13)7-14-6-9/h5-8,10H,1-4H2. The molecule has 0 aromatic carbocycles. The average Bonchev–Trinajstić information content (AvgIpc) is 2.51. The summed E-state index contributed by atoms with van der Waals surface area (Å²) in [4.78, 5) is 4.93. The zero-order chi connectivity index (χ0) is 9.97. The molecule has 1 nitrogen and oxygen atoms in total. The fourth-order valence-corrected chi connectivity index (χ4v) is 3.31. The average molecular weight is 319 g/mol. The van der Waals surface area contributed by atoms with E-state index in [0.29, 0.717) is 0 Å². The van der Waals surface area contributed by atoms with Gasteiger partial charge >= 0.3 is 0 Å². The normalized spacial score (nSPS) is 26.7. The van der Waals surface area contributed by atoms with Gasteiger partial charge in [-0.25, -0.2) is 0 Å². The summed E-state index contributed by atoms with van der Waals surface area (Å²) < 4.78 is 1.09. The third-order valence-electron chi connectivity index (χ3n) is 2.76. The monoisotopic (exact) mass is 317 g/mol. The highest BCUT2D eigenvalue weighted by molar-refractivity contribution is 9.10. The molecule has 0 spiro atoms. The molecule has 1 aliphatic rings. The molecule has 1 aliphatic carbocycles. The summed E-state index contributed by atoms with van der Waals surface area (Å²) in [6.07, 6.45) is 8.98. The lowest BCUT2D eigenvalue weighted by molar-refractivity contribution is 0.547. The highest BCUT2D eigenvalue weighted by Crippen LogP contribution is 2.33. The second-order valence-electron chi connectivity index (χ2n) is 3.99. The van der Waals surface area contributed by atoms with Gasteiger partial charge in [0.05, 0.1) is 0 Å². The van der Waals surface area contributed by atoms with Gasteiger partial charge in [-0.05, 0) is 59.2 Å². The minimum absolute atomic E-state index is 0.743. The van der Waals surface area contributed by atoms with Gasteiger partial charge in [-0.15, -0.1) is 0 Å². The topological polar surface area (TPSA) is 12.9 Å². The third-order valence-corrected chi connectivity index (χ3v) is 4.03. The summed E-state index contributed by atoms with van der Waals surface area (Å²) in [5.41, 5.74) is 1.35. The highest BCUT2D eigenvalue weighted by atomic mass is 79.9. The van der Waals surface area contributed by atoms with Gasteiger partial charge in [-0.3, -0.25) is 4.98 Å². The van der Waals surface area contributed by atoms with E-state index in [-0.39, 0.29) is 0 Å². The van der Waals surface area contributed by atoms with Crippen LogP contribution < -0.4 is 0 Å². The molecule has 76 valence electrons. The van der Waals surface area contributed by atoms with Crippen molar-refractivity contribution in [3.8, 4) is 0 Å². The third kappa shape index (κ3) is 2.80. The molecule has 1 aromatic heterocycles. The van der Waals surface area contributed by atoms with Gasteiger partial charge in [0.2, 0.25) is 0 Å². The van der Waals surface area contributed by atoms with E-state index in [1.165, 1.54) is 31.2 Å². The van der Waals surface area contributed by atoms with Crippen LogP contribution in [0.15, 0.2) is 22.9 Å². The molecule has 2 unspecified atom stereocenters. The molecule has 14 heavy (non-hydrogen) atoms. The first kappa shape index (κ1) is 10.6. The molecule has 1 fully saturated rings. The van der Waals surface area contributed by atoms with Gasteiger partial charge in [-0.2, -0.15) is 0 Å². The maximum atomic E-state index is 4.19. The number of halogens is 2. The van der Waals surface area contributed by atoms with E-state index in [1.807, 2.05) is 12.4 Å².